The van der Waals surface area contributed by atoms with Crippen LogP contribution in [0, 0.1) is 6.92 Å². The highest BCUT2D eigenvalue weighted by molar-refractivity contribution is 6.32. The summed E-state index contributed by atoms with van der Waals surface area (Å²) < 4.78 is 23.9. The lowest BCUT2D eigenvalue weighted by Gasteiger charge is -2.26. The lowest BCUT2D eigenvalue weighted by molar-refractivity contribution is -0.114. The minimum atomic E-state index is -1.71. The summed E-state index contributed by atoms with van der Waals surface area (Å²) in [5.41, 5.74) is 5.73. The molecule has 10 nitrogen and oxygen atoms in total. The Hall–Kier alpha value is -3.87. The quantitative estimate of drug-likeness (QED) is 0.111. The number of benzene rings is 4. The Morgan fingerprint density at radius 2 is 1.49 bits per heavy atom. The van der Waals surface area contributed by atoms with E-state index in [1.165, 1.54) is 0 Å². The largest absolute Gasteiger partial charge is 0.488 e. The maximum absolute atomic E-state index is 10.3. The Morgan fingerprint density at radius 3 is 2.26 bits per heavy atom. The summed E-state index contributed by atoms with van der Waals surface area (Å²) in [6, 6.07) is 25.1. The maximum Gasteiger partial charge on any atom is 0.161 e. The molecule has 1 aliphatic rings. The van der Waals surface area contributed by atoms with Gasteiger partial charge in [-0.1, -0.05) is 66.2 Å². The first-order chi connectivity index (χ1) is 22.7. The topological polar surface area (TPSA) is 150 Å². The van der Waals surface area contributed by atoms with Crippen molar-refractivity contribution in [3.8, 4) is 34.1 Å². The van der Waals surface area contributed by atoms with Crippen molar-refractivity contribution < 1.29 is 44.5 Å². The van der Waals surface area contributed by atoms with E-state index in [-0.39, 0.29) is 26.3 Å². The van der Waals surface area contributed by atoms with Gasteiger partial charge in [-0.15, -0.1) is 0 Å². The van der Waals surface area contributed by atoms with Crippen molar-refractivity contribution >= 4 is 11.6 Å². The highest BCUT2D eigenvalue weighted by atomic mass is 35.5. The minimum absolute atomic E-state index is 0.122. The molecule has 4 atom stereocenters. The molecule has 0 fully saturated rings. The van der Waals surface area contributed by atoms with Gasteiger partial charge in [0.1, 0.15) is 56.2 Å². The lowest BCUT2D eigenvalue weighted by atomic mass is 9.96. The number of halogens is 1. The Kier molecular flexibility index (Phi) is 12.0. The van der Waals surface area contributed by atoms with Crippen LogP contribution in [0.1, 0.15) is 22.3 Å². The van der Waals surface area contributed by atoms with Gasteiger partial charge < -0.3 is 49.8 Å². The zero-order valence-electron chi connectivity index (χ0n) is 26.0. The summed E-state index contributed by atoms with van der Waals surface area (Å²) in [7, 11) is 0. The summed E-state index contributed by atoms with van der Waals surface area (Å²) in [6.07, 6.45) is -6.38. The molecule has 0 radical (unpaired) electrons. The second-order valence-corrected chi connectivity index (χ2v) is 11.7. The smallest absolute Gasteiger partial charge is 0.161 e. The number of hydrogen-bond donors (Lipinski definition) is 6. The number of hydrogen-bond acceptors (Lipinski definition) is 10. The number of aliphatic hydroxyl groups is 5. The van der Waals surface area contributed by atoms with Crippen LogP contribution < -0.4 is 24.3 Å². The van der Waals surface area contributed by atoms with Crippen molar-refractivity contribution in [2.24, 2.45) is 0 Å². The molecule has 0 aromatic heterocycles. The standard InChI is InChI=1S/C36H40ClNO9/c1-22-25(8-5-9-27(22)24-10-11-31-34(15-24)45-13-12-44-31)21-47-33-16-32(46-20-23-6-3-2-4-7-23)26(14-28(33)37)17-38-18-29(40)35(42)36(43)30(41)19-39/h2-11,14-16,29-30,35-36,38-43H,12-13,17-21H2,1H3/t29-,30+,35+,36+/m0/s1. The fraction of sp³-hybridized carbons (Fsp3) is 0.333. The molecule has 6 N–H and O–H groups in total. The van der Waals surface area contributed by atoms with Crippen molar-refractivity contribution in [1.29, 1.82) is 0 Å². The average Bonchev–Trinajstić information content (AvgIpc) is 3.10. The number of rotatable bonds is 15. The van der Waals surface area contributed by atoms with Crippen LogP contribution in [-0.4, -0.2) is 76.3 Å². The van der Waals surface area contributed by atoms with Crippen molar-refractivity contribution in [1.82, 2.24) is 5.32 Å². The van der Waals surface area contributed by atoms with E-state index in [1.54, 1.807) is 12.1 Å². The predicted molar refractivity (Wildman–Crippen MR) is 177 cm³/mol. The van der Waals surface area contributed by atoms with Gasteiger partial charge in [0.05, 0.1) is 17.7 Å². The van der Waals surface area contributed by atoms with Crippen LogP contribution >= 0.6 is 11.6 Å². The minimum Gasteiger partial charge on any atom is -0.488 e. The van der Waals surface area contributed by atoms with Crippen molar-refractivity contribution in [2.45, 2.75) is 51.1 Å². The first-order valence-electron chi connectivity index (χ1n) is 15.4. The van der Waals surface area contributed by atoms with Crippen molar-refractivity contribution in [3.05, 3.63) is 106 Å². The molecular weight excluding hydrogens is 626 g/mol. The zero-order chi connectivity index (χ0) is 33.3. The molecule has 1 aliphatic heterocycles. The van der Waals surface area contributed by atoms with Crippen LogP contribution in [0.25, 0.3) is 11.1 Å². The Labute approximate surface area is 278 Å². The fourth-order valence-corrected chi connectivity index (χ4v) is 5.49. The van der Waals surface area contributed by atoms with Crippen LogP contribution in [0.2, 0.25) is 5.02 Å². The second-order valence-electron chi connectivity index (χ2n) is 11.3. The molecule has 250 valence electrons. The molecule has 0 saturated carbocycles. The van der Waals surface area contributed by atoms with Crippen molar-refractivity contribution in [3.63, 3.8) is 0 Å². The molecule has 5 rings (SSSR count). The summed E-state index contributed by atoms with van der Waals surface area (Å²) >= 11 is 6.70. The third-order valence-corrected chi connectivity index (χ3v) is 8.32. The second kappa shape index (κ2) is 16.3. The van der Waals surface area contributed by atoms with Gasteiger partial charge in [0, 0.05) is 24.7 Å². The van der Waals surface area contributed by atoms with E-state index in [1.807, 2.05) is 67.6 Å². The van der Waals surface area contributed by atoms with Crippen LogP contribution in [0.4, 0.5) is 0 Å². The first-order valence-corrected chi connectivity index (χ1v) is 15.8. The molecule has 11 heteroatoms. The van der Waals surface area contributed by atoms with Gasteiger partial charge in [-0.3, -0.25) is 0 Å². The molecule has 0 saturated heterocycles. The molecule has 47 heavy (non-hydrogen) atoms. The van der Waals surface area contributed by atoms with Crippen LogP contribution in [-0.2, 0) is 19.8 Å². The fourth-order valence-electron chi connectivity index (χ4n) is 5.25. The van der Waals surface area contributed by atoms with Gasteiger partial charge in [0.25, 0.3) is 0 Å². The Bertz CT molecular complexity index is 1620. The monoisotopic (exact) mass is 665 g/mol. The van der Waals surface area contributed by atoms with Gasteiger partial charge >= 0.3 is 0 Å². The number of nitrogens with one attached hydrogen (secondary N) is 1. The lowest BCUT2D eigenvalue weighted by Crippen LogP contribution is -2.48. The van der Waals surface area contributed by atoms with Gasteiger partial charge in [-0.05, 0) is 52.9 Å². The van der Waals surface area contributed by atoms with Crippen LogP contribution in [0.15, 0.2) is 78.9 Å². The third-order valence-electron chi connectivity index (χ3n) is 8.03. The summed E-state index contributed by atoms with van der Waals surface area (Å²) in [5.74, 6) is 2.40. The van der Waals surface area contributed by atoms with Gasteiger partial charge in [0.2, 0.25) is 0 Å². The molecule has 4 aromatic rings. The van der Waals surface area contributed by atoms with Crippen molar-refractivity contribution in [2.75, 3.05) is 26.4 Å². The van der Waals surface area contributed by atoms with Crippen LogP contribution in [0.5, 0.6) is 23.0 Å². The maximum atomic E-state index is 10.3. The van der Waals surface area contributed by atoms with E-state index < -0.39 is 31.0 Å². The Balaban J connectivity index is 1.31. The van der Waals surface area contributed by atoms with Gasteiger partial charge in [0.15, 0.2) is 11.5 Å². The molecule has 4 aromatic carbocycles. The van der Waals surface area contributed by atoms with E-state index in [0.717, 1.165) is 39.3 Å². The van der Waals surface area contributed by atoms with E-state index in [0.29, 0.717) is 35.3 Å². The van der Waals surface area contributed by atoms with E-state index in [2.05, 4.69) is 11.4 Å². The van der Waals surface area contributed by atoms with Crippen LogP contribution in [0.3, 0.4) is 0 Å². The third kappa shape index (κ3) is 8.74. The van der Waals surface area contributed by atoms with Gasteiger partial charge in [-0.2, -0.15) is 0 Å². The number of ether oxygens (including phenoxy) is 4. The van der Waals surface area contributed by atoms with E-state index in [4.69, 9.17) is 35.7 Å². The van der Waals surface area contributed by atoms with E-state index >= 15 is 0 Å². The summed E-state index contributed by atoms with van der Waals surface area (Å²) in [4.78, 5) is 0. The normalized spacial score (nSPS) is 15.0. The van der Waals surface area contributed by atoms with E-state index in [9.17, 15) is 20.4 Å². The molecular formula is C36H40ClNO9. The SMILES string of the molecule is Cc1c(COc2cc(OCc3ccccc3)c(CNC[C@H](O)[C@@H](O)[C@H](O)[C@H](O)CO)cc2Cl)cccc1-c1ccc2c(c1)OCCO2. The molecule has 0 spiro atoms. The highest BCUT2D eigenvalue weighted by Crippen LogP contribution is 2.37. The Morgan fingerprint density at radius 1 is 0.766 bits per heavy atom. The molecule has 0 amide bonds. The molecule has 1 heterocycles. The number of fused-ring (bicyclic) bond motifs is 1. The first kappa shape index (κ1) is 34.5. The highest BCUT2D eigenvalue weighted by Gasteiger charge is 2.29. The molecule has 0 bridgehead atoms. The summed E-state index contributed by atoms with van der Waals surface area (Å²) in [6.45, 7) is 2.97. The zero-order valence-corrected chi connectivity index (χ0v) is 26.8. The molecule has 0 aliphatic carbocycles. The summed E-state index contributed by atoms with van der Waals surface area (Å²) in [5, 5.41) is 52.4. The van der Waals surface area contributed by atoms with Gasteiger partial charge in [-0.25, -0.2) is 0 Å². The molecule has 0 unspecified atom stereocenters. The predicted octanol–water partition coefficient (Wildman–Crippen LogP) is 3.77. The average molecular weight is 666 g/mol. The number of aliphatic hydroxyl groups excluding tert-OH is 5.